The van der Waals surface area contributed by atoms with E-state index in [0.717, 1.165) is 18.9 Å². The van der Waals surface area contributed by atoms with Crippen molar-refractivity contribution in [2.45, 2.75) is 51.9 Å². The summed E-state index contributed by atoms with van der Waals surface area (Å²) in [6.07, 6.45) is 8.79. The molecular weight excluding hydrogens is 174 g/mol. The van der Waals surface area contributed by atoms with Crippen molar-refractivity contribution in [2.75, 3.05) is 20.2 Å². The van der Waals surface area contributed by atoms with Crippen LogP contribution in [0.5, 0.6) is 0 Å². The van der Waals surface area contributed by atoms with E-state index in [0.29, 0.717) is 6.61 Å². The largest absolute Gasteiger partial charge is 0.396 e. The van der Waals surface area contributed by atoms with Crippen molar-refractivity contribution < 1.29 is 5.11 Å². The van der Waals surface area contributed by atoms with Crippen molar-refractivity contribution >= 4 is 0 Å². The summed E-state index contributed by atoms with van der Waals surface area (Å²) in [5.74, 6) is 0.818. The highest BCUT2D eigenvalue weighted by molar-refractivity contribution is 4.62. The van der Waals surface area contributed by atoms with Gasteiger partial charge in [-0.25, -0.2) is 0 Å². The zero-order valence-electron chi connectivity index (χ0n) is 9.89. The van der Waals surface area contributed by atoms with Crippen molar-refractivity contribution in [2.24, 2.45) is 5.92 Å². The number of aliphatic hydroxyl groups is 1. The minimum absolute atomic E-state index is 0.348. The average molecular weight is 201 g/mol. The number of unbranched alkanes of at least 4 members (excludes halogenated alkanes) is 3. The molecule has 0 amide bonds. The second-order valence-electron chi connectivity index (χ2n) is 4.14. The first-order valence-corrected chi connectivity index (χ1v) is 6.10. The van der Waals surface area contributed by atoms with Gasteiger partial charge in [0.1, 0.15) is 0 Å². The summed E-state index contributed by atoms with van der Waals surface area (Å²) in [4.78, 5) is 0. The average Bonchev–Trinajstić information content (AvgIpc) is 2.18. The topological polar surface area (TPSA) is 32.3 Å². The monoisotopic (exact) mass is 201 g/mol. The van der Waals surface area contributed by atoms with Crippen LogP contribution in [0.25, 0.3) is 0 Å². The highest BCUT2D eigenvalue weighted by Gasteiger charge is 2.06. The maximum atomic E-state index is 8.71. The van der Waals surface area contributed by atoms with Crippen LogP contribution in [0.2, 0.25) is 0 Å². The zero-order chi connectivity index (χ0) is 10.6. The van der Waals surface area contributed by atoms with E-state index in [2.05, 4.69) is 12.2 Å². The van der Waals surface area contributed by atoms with Crippen LogP contribution in [0.4, 0.5) is 0 Å². The normalized spacial score (nSPS) is 13.1. The Kier molecular flexibility index (Phi) is 10.9. The van der Waals surface area contributed by atoms with Crippen molar-refractivity contribution in [1.82, 2.24) is 5.32 Å². The van der Waals surface area contributed by atoms with E-state index < -0.39 is 0 Å². The molecule has 0 aromatic carbocycles. The van der Waals surface area contributed by atoms with E-state index in [4.69, 9.17) is 5.11 Å². The first-order valence-electron chi connectivity index (χ1n) is 6.10. The summed E-state index contributed by atoms with van der Waals surface area (Å²) in [6, 6.07) is 0. The predicted octanol–water partition coefficient (Wildman–Crippen LogP) is 2.56. The molecule has 2 nitrogen and oxygen atoms in total. The number of aliphatic hydroxyl groups excluding tert-OH is 1. The molecule has 2 heteroatoms. The zero-order valence-corrected chi connectivity index (χ0v) is 9.89. The smallest absolute Gasteiger partial charge is 0.0431 e. The molecule has 86 valence electrons. The van der Waals surface area contributed by atoms with Gasteiger partial charge in [-0.1, -0.05) is 32.6 Å². The van der Waals surface area contributed by atoms with Gasteiger partial charge in [0, 0.05) is 6.61 Å². The van der Waals surface area contributed by atoms with Gasteiger partial charge in [-0.05, 0) is 38.8 Å². The Morgan fingerprint density at radius 1 is 1.07 bits per heavy atom. The fourth-order valence-corrected chi connectivity index (χ4v) is 1.86. The van der Waals surface area contributed by atoms with Gasteiger partial charge >= 0.3 is 0 Å². The van der Waals surface area contributed by atoms with Gasteiger partial charge in [-0.15, -0.1) is 0 Å². The van der Waals surface area contributed by atoms with E-state index in [1.54, 1.807) is 0 Å². The second kappa shape index (κ2) is 11.0. The van der Waals surface area contributed by atoms with Crippen molar-refractivity contribution in [3.8, 4) is 0 Å². The van der Waals surface area contributed by atoms with Gasteiger partial charge in [0.25, 0.3) is 0 Å². The van der Waals surface area contributed by atoms with Crippen molar-refractivity contribution in [3.63, 3.8) is 0 Å². The summed E-state index contributed by atoms with van der Waals surface area (Å²) in [6.45, 7) is 3.73. The molecule has 0 fully saturated rings. The van der Waals surface area contributed by atoms with Gasteiger partial charge in [-0.2, -0.15) is 0 Å². The van der Waals surface area contributed by atoms with E-state index in [9.17, 15) is 0 Å². The summed E-state index contributed by atoms with van der Waals surface area (Å²) in [7, 11) is 2.03. The maximum absolute atomic E-state index is 8.71. The summed E-state index contributed by atoms with van der Waals surface area (Å²) in [5.41, 5.74) is 0. The molecule has 0 rings (SSSR count). The third-order valence-corrected chi connectivity index (χ3v) is 2.73. The van der Waals surface area contributed by atoms with Gasteiger partial charge in [-0.3, -0.25) is 0 Å². The molecule has 0 radical (unpaired) electrons. The second-order valence-corrected chi connectivity index (χ2v) is 4.14. The SMILES string of the molecule is CCCCCC(CCCCO)CNC. The molecule has 0 bridgehead atoms. The Balaban J connectivity index is 3.44. The summed E-state index contributed by atoms with van der Waals surface area (Å²) < 4.78 is 0. The molecule has 0 aliphatic heterocycles. The van der Waals surface area contributed by atoms with Crippen LogP contribution in [0, 0.1) is 5.92 Å². The quantitative estimate of drug-likeness (QED) is 0.532. The van der Waals surface area contributed by atoms with Crippen molar-refractivity contribution in [3.05, 3.63) is 0 Å². The van der Waals surface area contributed by atoms with Crippen LogP contribution in [0.1, 0.15) is 51.9 Å². The van der Waals surface area contributed by atoms with Gasteiger partial charge in [0.05, 0.1) is 0 Å². The highest BCUT2D eigenvalue weighted by Crippen LogP contribution is 2.15. The highest BCUT2D eigenvalue weighted by atomic mass is 16.2. The molecule has 1 atom stereocenters. The minimum Gasteiger partial charge on any atom is -0.396 e. The van der Waals surface area contributed by atoms with Gasteiger partial charge in [0.2, 0.25) is 0 Å². The van der Waals surface area contributed by atoms with Gasteiger partial charge < -0.3 is 10.4 Å². The van der Waals surface area contributed by atoms with E-state index in [1.807, 2.05) is 7.05 Å². The number of nitrogens with one attached hydrogen (secondary N) is 1. The Morgan fingerprint density at radius 2 is 1.71 bits per heavy atom. The van der Waals surface area contributed by atoms with Crippen LogP contribution >= 0.6 is 0 Å². The molecule has 0 aliphatic rings. The Hall–Kier alpha value is -0.0800. The number of rotatable bonds is 10. The molecule has 14 heavy (non-hydrogen) atoms. The van der Waals surface area contributed by atoms with Gasteiger partial charge in [0.15, 0.2) is 0 Å². The van der Waals surface area contributed by atoms with E-state index >= 15 is 0 Å². The Morgan fingerprint density at radius 3 is 2.21 bits per heavy atom. The molecule has 0 aromatic rings. The Labute approximate surface area is 89.1 Å². The number of hydrogen-bond donors (Lipinski definition) is 2. The first-order chi connectivity index (χ1) is 6.85. The van der Waals surface area contributed by atoms with E-state index in [-0.39, 0.29) is 0 Å². The molecule has 1 unspecified atom stereocenters. The van der Waals surface area contributed by atoms with E-state index in [1.165, 1.54) is 38.5 Å². The predicted molar refractivity (Wildman–Crippen MR) is 62.5 cm³/mol. The number of hydrogen-bond acceptors (Lipinski definition) is 2. The molecule has 2 N–H and O–H groups in total. The standard InChI is InChI=1S/C12H27NO/c1-3-4-5-8-12(11-13-2)9-6-7-10-14/h12-14H,3-11H2,1-2H3. The molecule has 0 aromatic heterocycles. The lowest BCUT2D eigenvalue weighted by Gasteiger charge is -2.15. The lowest BCUT2D eigenvalue weighted by Crippen LogP contribution is -2.19. The lowest BCUT2D eigenvalue weighted by atomic mass is 9.95. The van der Waals surface area contributed by atoms with Crippen LogP contribution in [-0.4, -0.2) is 25.3 Å². The molecular formula is C12H27NO. The fourth-order valence-electron chi connectivity index (χ4n) is 1.86. The third-order valence-electron chi connectivity index (χ3n) is 2.73. The molecule has 0 spiro atoms. The van der Waals surface area contributed by atoms with Crippen LogP contribution in [0.3, 0.4) is 0 Å². The maximum Gasteiger partial charge on any atom is 0.0431 e. The minimum atomic E-state index is 0.348. The molecule has 0 heterocycles. The van der Waals surface area contributed by atoms with Crippen LogP contribution < -0.4 is 5.32 Å². The Bertz CT molecular complexity index is 96.5. The van der Waals surface area contributed by atoms with Crippen molar-refractivity contribution in [1.29, 1.82) is 0 Å². The van der Waals surface area contributed by atoms with Crippen LogP contribution in [0.15, 0.2) is 0 Å². The molecule has 0 saturated heterocycles. The fraction of sp³-hybridized carbons (Fsp3) is 1.00. The summed E-state index contributed by atoms with van der Waals surface area (Å²) in [5, 5.41) is 12.0. The third kappa shape index (κ3) is 8.52. The first kappa shape index (κ1) is 13.9. The van der Waals surface area contributed by atoms with Crippen LogP contribution in [-0.2, 0) is 0 Å². The molecule has 0 aliphatic carbocycles. The molecule has 0 saturated carbocycles. The lowest BCUT2D eigenvalue weighted by molar-refractivity contribution is 0.275. The summed E-state index contributed by atoms with van der Waals surface area (Å²) >= 11 is 0.